The first-order chi connectivity index (χ1) is 8.79. The number of thiophene rings is 1. The van der Waals surface area contributed by atoms with Gasteiger partial charge in [0.25, 0.3) is 0 Å². The Labute approximate surface area is 114 Å². The first kappa shape index (κ1) is 13.7. The van der Waals surface area contributed by atoms with Crippen molar-refractivity contribution in [3.05, 3.63) is 17.0 Å². The second-order valence-corrected chi connectivity index (χ2v) is 6.12. The van der Waals surface area contributed by atoms with E-state index in [9.17, 15) is 14.4 Å². The minimum absolute atomic E-state index is 0.000272. The van der Waals surface area contributed by atoms with Crippen molar-refractivity contribution in [1.82, 2.24) is 0 Å². The molecule has 0 bridgehead atoms. The summed E-state index contributed by atoms with van der Waals surface area (Å²) in [7, 11) is 0. The van der Waals surface area contributed by atoms with E-state index < -0.39 is 11.4 Å². The zero-order valence-corrected chi connectivity index (χ0v) is 11.8. The Bertz CT molecular complexity index is 563. The first-order valence-corrected chi connectivity index (χ1v) is 6.85. The van der Waals surface area contributed by atoms with Crippen LogP contribution in [0.2, 0.25) is 0 Å². The molecule has 1 N–H and O–H groups in total. The van der Waals surface area contributed by atoms with Crippen LogP contribution in [-0.2, 0) is 9.59 Å². The third-order valence-electron chi connectivity index (χ3n) is 3.81. The molecule has 0 aromatic carbocycles. The summed E-state index contributed by atoms with van der Waals surface area (Å²) < 4.78 is 0. The number of carboxylic acids is 1. The van der Waals surface area contributed by atoms with E-state index in [1.165, 1.54) is 6.07 Å². The fourth-order valence-corrected chi connectivity index (χ4v) is 3.04. The second kappa shape index (κ2) is 4.45. The minimum atomic E-state index is -1.13. The fourth-order valence-electron chi connectivity index (χ4n) is 2.13. The molecule has 1 aliphatic rings. The standard InChI is InChI=1S/C13H15NO4S/c1-7(2)13(3)6-9(15)14(12(13)18)10-8(11(16)17)4-5-19-10/h4-5,7H,6H2,1-3H3,(H,16,17). The maximum absolute atomic E-state index is 12.5. The van der Waals surface area contributed by atoms with Gasteiger partial charge in [0.05, 0.1) is 11.0 Å². The van der Waals surface area contributed by atoms with E-state index in [0.29, 0.717) is 0 Å². The lowest BCUT2D eigenvalue weighted by molar-refractivity contribution is -0.126. The molecule has 0 spiro atoms. The molecular weight excluding hydrogens is 266 g/mol. The molecule has 1 aromatic rings. The Morgan fingerprint density at radius 2 is 2.11 bits per heavy atom. The van der Waals surface area contributed by atoms with Gasteiger partial charge in [-0.25, -0.2) is 9.69 Å². The van der Waals surface area contributed by atoms with Crippen molar-refractivity contribution < 1.29 is 19.5 Å². The predicted octanol–water partition coefficient (Wildman–Crippen LogP) is 2.37. The summed E-state index contributed by atoms with van der Waals surface area (Å²) in [5.41, 5.74) is -0.753. The van der Waals surface area contributed by atoms with Crippen LogP contribution in [0.15, 0.2) is 11.4 Å². The molecule has 1 aromatic heterocycles. The zero-order valence-electron chi connectivity index (χ0n) is 11.0. The SMILES string of the molecule is CC(C)C1(C)CC(=O)N(c2sccc2C(=O)O)C1=O. The minimum Gasteiger partial charge on any atom is -0.478 e. The van der Waals surface area contributed by atoms with Crippen LogP contribution in [0, 0.1) is 11.3 Å². The van der Waals surface area contributed by atoms with Gasteiger partial charge in [-0.2, -0.15) is 0 Å². The van der Waals surface area contributed by atoms with Crippen LogP contribution in [0.5, 0.6) is 0 Å². The quantitative estimate of drug-likeness (QED) is 0.863. The number of hydrogen-bond acceptors (Lipinski definition) is 4. The van der Waals surface area contributed by atoms with Crippen LogP contribution in [0.4, 0.5) is 5.00 Å². The maximum Gasteiger partial charge on any atom is 0.338 e. The number of carbonyl (C=O) groups excluding carboxylic acids is 2. The van der Waals surface area contributed by atoms with Crippen LogP contribution < -0.4 is 4.90 Å². The van der Waals surface area contributed by atoms with Gasteiger partial charge in [0, 0.05) is 6.42 Å². The summed E-state index contributed by atoms with van der Waals surface area (Å²) in [4.78, 5) is 36.7. The van der Waals surface area contributed by atoms with Crippen molar-refractivity contribution >= 4 is 34.1 Å². The highest BCUT2D eigenvalue weighted by atomic mass is 32.1. The van der Waals surface area contributed by atoms with E-state index in [1.54, 1.807) is 12.3 Å². The summed E-state index contributed by atoms with van der Waals surface area (Å²) in [6.45, 7) is 5.54. The van der Waals surface area contributed by atoms with Crippen LogP contribution >= 0.6 is 11.3 Å². The van der Waals surface area contributed by atoms with E-state index in [2.05, 4.69) is 0 Å². The number of carboxylic acid groups (broad SMARTS) is 1. The molecule has 1 unspecified atom stereocenters. The molecule has 2 amide bonds. The van der Waals surface area contributed by atoms with Crippen molar-refractivity contribution in [2.75, 3.05) is 4.90 Å². The van der Waals surface area contributed by atoms with Crippen molar-refractivity contribution in [2.45, 2.75) is 27.2 Å². The normalized spacial score (nSPS) is 23.5. The molecule has 5 nitrogen and oxygen atoms in total. The molecule has 0 radical (unpaired) electrons. The van der Waals surface area contributed by atoms with Gasteiger partial charge in [0.2, 0.25) is 11.8 Å². The number of hydrogen-bond donors (Lipinski definition) is 1. The number of aromatic carboxylic acids is 1. The van der Waals surface area contributed by atoms with Crippen LogP contribution in [0.25, 0.3) is 0 Å². The molecule has 1 aliphatic heterocycles. The van der Waals surface area contributed by atoms with Gasteiger partial charge in [-0.1, -0.05) is 13.8 Å². The number of amides is 2. The number of rotatable bonds is 3. The van der Waals surface area contributed by atoms with Crippen LogP contribution in [0.3, 0.4) is 0 Å². The zero-order chi connectivity index (χ0) is 14.4. The molecule has 6 heteroatoms. The van der Waals surface area contributed by atoms with Crippen LogP contribution in [-0.4, -0.2) is 22.9 Å². The van der Waals surface area contributed by atoms with Crippen molar-refractivity contribution in [3.8, 4) is 0 Å². The molecule has 102 valence electrons. The summed E-state index contributed by atoms with van der Waals surface area (Å²) in [5, 5.41) is 10.9. The van der Waals surface area contributed by atoms with Gasteiger partial charge in [0.15, 0.2) is 0 Å². The van der Waals surface area contributed by atoms with Gasteiger partial charge < -0.3 is 5.11 Å². The Morgan fingerprint density at radius 1 is 1.47 bits per heavy atom. The highest BCUT2D eigenvalue weighted by molar-refractivity contribution is 7.15. The smallest absolute Gasteiger partial charge is 0.338 e. The summed E-state index contributed by atoms with van der Waals surface area (Å²) in [6.07, 6.45) is 0.125. The Hall–Kier alpha value is -1.69. The fraction of sp³-hybridized carbons (Fsp3) is 0.462. The molecule has 1 atom stereocenters. The summed E-state index contributed by atoms with van der Waals surface area (Å²) >= 11 is 1.10. The average molecular weight is 281 g/mol. The van der Waals surface area contributed by atoms with E-state index in [0.717, 1.165) is 16.2 Å². The molecule has 1 saturated heterocycles. The average Bonchev–Trinajstić information content (AvgIpc) is 2.84. The largest absolute Gasteiger partial charge is 0.478 e. The van der Waals surface area contributed by atoms with Crippen molar-refractivity contribution in [1.29, 1.82) is 0 Å². The number of imide groups is 1. The maximum atomic E-state index is 12.5. The molecular formula is C13H15NO4S. The summed E-state index contributed by atoms with van der Waals surface area (Å²) in [5.74, 6) is -1.75. The third kappa shape index (κ3) is 1.96. The Balaban J connectivity index is 2.47. The Kier molecular flexibility index (Phi) is 3.22. The molecule has 0 aliphatic carbocycles. The highest BCUT2D eigenvalue weighted by Crippen LogP contribution is 2.43. The van der Waals surface area contributed by atoms with E-state index in [-0.39, 0.29) is 34.7 Å². The van der Waals surface area contributed by atoms with Gasteiger partial charge in [0.1, 0.15) is 5.00 Å². The summed E-state index contributed by atoms with van der Waals surface area (Å²) in [6, 6.07) is 1.41. The monoisotopic (exact) mass is 281 g/mol. The Morgan fingerprint density at radius 3 is 2.58 bits per heavy atom. The lowest BCUT2D eigenvalue weighted by Gasteiger charge is -2.25. The lowest BCUT2D eigenvalue weighted by atomic mass is 9.78. The number of nitrogens with zero attached hydrogens (tertiary/aromatic N) is 1. The van der Waals surface area contributed by atoms with Crippen molar-refractivity contribution in [3.63, 3.8) is 0 Å². The van der Waals surface area contributed by atoms with E-state index >= 15 is 0 Å². The van der Waals surface area contributed by atoms with E-state index in [4.69, 9.17) is 5.11 Å². The number of anilines is 1. The second-order valence-electron chi connectivity index (χ2n) is 5.23. The third-order valence-corrected chi connectivity index (χ3v) is 4.71. The van der Waals surface area contributed by atoms with Gasteiger partial charge >= 0.3 is 5.97 Å². The van der Waals surface area contributed by atoms with Gasteiger partial charge in [-0.05, 0) is 24.3 Å². The predicted molar refractivity (Wildman–Crippen MR) is 71.3 cm³/mol. The van der Waals surface area contributed by atoms with E-state index in [1.807, 2.05) is 13.8 Å². The van der Waals surface area contributed by atoms with Gasteiger partial charge in [-0.15, -0.1) is 11.3 Å². The molecule has 2 heterocycles. The van der Waals surface area contributed by atoms with Crippen molar-refractivity contribution in [2.24, 2.45) is 11.3 Å². The van der Waals surface area contributed by atoms with Crippen LogP contribution in [0.1, 0.15) is 37.6 Å². The molecule has 0 saturated carbocycles. The molecule has 1 fully saturated rings. The molecule has 2 rings (SSSR count). The van der Waals surface area contributed by atoms with Gasteiger partial charge in [-0.3, -0.25) is 9.59 Å². The topological polar surface area (TPSA) is 74.7 Å². The molecule has 19 heavy (non-hydrogen) atoms. The lowest BCUT2D eigenvalue weighted by Crippen LogP contribution is -2.37. The number of carbonyl (C=O) groups is 3. The first-order valence-electron chi connectivity index (χ1n) is 5.97. The highest BCUT2D eigenvalue weighted by Gasteiger charge is 2.51.